The summed E-state index contributed by atoms with van der Waals surface area (Å²) in [5.74, 6) is -0.152. The van der Waals surface area contributed by atoms with E-state index >= 15 is 0 Å². The molecule has 1 saturated heterocycles. The van der Waals surface area contributed by atoms with Crippen LogP contribution in [0.4, 0.5) is 11.4 Å². The van der Waals surface area contributed by atoms with Crippen LogP contribution in [0.2, 0.25) is 0 Å². The van der Waals surface area contributed by atoms with Crippen LogP contribution in [0.1, 0.15) is 6.42 Å². The van der Waals surface area contributed by atoms with Crippen LogP contribution in [0.5, 0.6) is 5.75 Å². The van der Waals surface area contributed by atoms with E-state index in [0.717, 1.165) is 0 Å². The molecule has 1 aliphatic rings. The Labute approximate surface area is 152 Å². The molecule has 0 saturated carbocycles. The maximum Gasteiger partial charge on any atom is 0.233 e. The Hall–Kier alpha value is -3.33. The maximum absolute atomic E-state index is 13.0. The molecule has 6 heteroatoms. The number of para-hydroxylation sites is 1. The molecule has 1 heterocycles. The highest BCUT2D eigenvalue weighted by molar-refractivity contribution is 6.04. The topological polar surface area (TPSA) is 73.6 Å². The first kappa shape index (κ1) is 17.5. The van der Waals surface area contributed by atoms with Crippen molar-refractivity contribution < 1.29 is 14.3 Å². The molecule has 0 aliphatic carbocycles. The average Bonchev–Trinajstić information content (AvgIpc) is 3.08. The summed E-state index contributed by atoms with van der Waals surface area (Å²) in [5.41, 5.74) is 1.36. The van der Waals surface area contributed by atoms with Crippen LogP contribution >= 0.6 is 0 Å². The SMILES string of the molecule is COc1cccc(N2C[C@@H](C(=O)N(CC#N)c3ccccc3)CC2=O)c1. The molecule has 0 spiro atoms. The number of anilines is 2. The van der Waals surface area contributed by atoms with E-state index in [-0.39, 0.29) is 24.8 Å². The molecule has 1 aliphatic heterocycles. The van der Waals surface area contributed by atoms with Gasteiger partial charge in [0.1, 0.15) is 12.3 Å². The zero-order valence-electron chi connectivity index (χ0n) is 14.5. The standard InChI is InChI=1S/C20H19N3O3/c1-26-18-9-5-8-17(13-18)23-14-15(12-19(23)24)20(25)22(11-10-21)16-6-3-2-4-7-16/h2-9,13,15H,11-12,14H2,1H3/t15-/m0/s1. The van der Waals surface area contributed by atoms with Crippen LogP contribution in [0.15, 0.2) is 54.6 Å². The molecular weight excluding hydrogens is 330 g/mol. The van der Waals surface area contributed by atoms with Crippen molar-refractivity contribution in [3.63, 3.8) is 0 Å². The molecule has 3 rings (SSSR count). The third kappa shape index (κ3) is 3.52. The lowest BCUT2D eigenvalue weighted by atomic mass is 10.1. The van der Waals surface area contributed by atoms with Crippen molar-refractivity contribution in [2.75, 3.05) is 30.0 Å². The van der Waals surface area contributed by atoms with E-state index < -0.39 is 5.92 Å². The maximum atomic E-state index is 13.0. The molecule has 26 heavy (non-hydrogen) atoms. The summed E-state index contributed by atoms with van der Waals surface area (Å²) in [6, 6.07) is 18.3. The molecule has 0 aromatic heterocycles. The summed E-state index contributed by atoms with van der Waals surface area (Å²) in [4.78, 5) is 28.4. The molecule has 2 aromatic rings. The molecule has 0 N–H and O–H groups in total. The predicted molar refractivity (Wildman–Crippen MR) is 97.9 cm³/mol. The number of nitrogens with zero attached hydrogens (tertiary/aromatic N) is 3. The summed E-state index contributed by atoms with van der Waals surface area (Å²) in [7, 11) is 1.57. The van der Waals surface area contributed by atoms with E-state index in [9.17, 15) is 9.59 Å². The van der Waals surface area contributed by atoms with E-state index in [1.54, 1.807) is 36.3 Å². The number of benzene rings is 2. The quantitative estimate of drug-likeness (QED) is 0.778. The fraction of sp³-hybridized carbons (Fsp3) is 0.250. The van der Waals surface area contributed by atoms with Gasteiger partial charge in [-0.05, 0) is 24.3 Å². The molecule has 0 unspecified atom stereocenters. The van der Waals surface area contributed by atoms with Crippen LogP contribution in [0.25, 0.3) is 0 Å². The number of hydrogen-bond acceptors (Lipinski definition) is 4. The fourth-order valence-corrected chi connectivity index (χ4v) is 3.10. The first-order valence-corrected chi connectivity index (χ1v) is 8.32. The van der Waals surface area contributed by atoms with Gasteiger partial charge in [0, 0.05) is 30.4 Å². The van der Waals surface area contributed by atoms with Gasteiger partial charge in [-0.2, -0.15) is 5.26 Å². The summed E-state index contributed by atoms with van der Waals surface area (Å²) < 4.78 is 5.20. The van der Waals surface area contributed by atoms with E-state index in [1.165, 1.54) is 4.90 Å². The second-order valence-corrected chi connectivity index (χ2v) is 6.02. The Morgan fingerprint density at radius 2 is 2.04 bits per heavy atom. The van der Waals surface area contributed by atoms with E-state index in [2.05, 4.69) is 0 Å². The lowest BCUT2D eigenvalue weighted by Crippen LogP contribution is -2.37. The second-order valence-electron chi connectivity index (χ2n) is 6.02. The van der Waals surface area contributed by atoms with E-state index in [1.807, 2.05) is 36.4 Å². The molecule has 0 bridgehead atoms. The van der Waals surface area contributed by atoms with Crippen LogP contribution in [-0.4, -0.2) is 32.0 Å². The van der Waals surface area contributed by atoms with E-state index in [4.69, 9.17) is 10.00 Å². The van der Waals surface area contributed by atoms with Crippen LogP contribution in [-0.2, 0) is 9.59 Å². The highest BCUT2D eigenvalue weighted by Gasteiger charge is 2.37. The van der Waals surface area contributed by atoms with Gasteiger partial charge >= 0.3 is 0 Å². The summed E-state index contributed by atoms with van der Waals surface area (Å²) >= 11 is 0. The Balaban J connectivity index is 1.80. The molecular formula is C20H19N3O3. The number of carbonyl (C=O) groups excluding carboxylic acids is 2. The zero-order valence-corrected chi connectivity index (χ0v) is 14.5. The van der Waals surface area contributed by atoms with Crippen LogP contribution in [0, 0.1) is 17.2 Å². The second kappa shape index (κ2) is 7.70. The highest BCUT2D eigenvalue weighted by atomic mass is 16.5. The summed E-state index contributed by atoms with van der Waals surface area (Å²) in [6.45, 7) is 0.242. The van der Waals surface area contributed by atoms with Gasteiger partial charge in [0.05, 0.1) is 19.1 Å². The lowest BCUT2D eigenvalue weighted by molar-refractivity contribution is -0.124. The molecule has 6 nitrogen and oxygen atoms in total. The Kier molecular flexibility index (Phi) is 5.18. The molecule has 1 fully saturated rings. The van der Waals surface area contributed by atoms with Gasteiger partial charge < -0.3 is 9.64 Å². The summed E-state index contributed by atoms with van der Waals surface area (Å²) in [5, 5.41) is 9.09. The van der Waals surface area contributed by atoms with Crippen molar-refractivity contribution in [3.8, 4) is 11.8 Å². The number of hydrogen-bond donors (Lipinski definition) is 0. The third-order valence-electron chi connectivity index (χ3n) is 4.40. The highest BCUT2D eigenvalue weighted by Crippen LogP contribution is 2.29. The number of methoxy groups -OCH3 is 1. The number of ether oxygens (including phenoxy) is 1. The normalized spacial score (nSPS) is 16.2. The first-order valence-electron chi connectivity index (χ1n) is 8.32. The van der Waals surface area contributed by atoms with Gasteiger partial charge in [0.2, 0.25) is 11.8 Å². The molecule has 1 atom stereocenters. The van der Waals surface area contributed by atoms with Crippen molar-refractivity contribution in [1.29, 1.82) is 5.26 Å². The fourth-order valence-electron chi connectivity index (χ4n) is 3.10. The van der Waals surface area contributed by atoms with Crippen molar-refractivity contribution in [1.82, 2.24) is 0 Å². The zero-order chi connectivity index (χ0) is 18.5. The Morgan fingerprint density at radius 1 is 1.27 bits per heavy atom. The lowest BCUT2D eigenvalue weighted by Gasteiger charge is -2.23. The number of nitriles is 1. The molecule has 132 valence electrons. The van der Waals surface area contributed by atoms with Gasteiger partial charge in [0.25, 0.3) is 0 Å². The van der Waals surface area contributed by atoms with Crippen molar-refractivity contribution in [2.24, 2.45) is 5.92 Å². The predicted octanol–water partition coefficient (Wildman–Crippen LogP) is 2.60. The third-order valence-corrected chi connectivity index (χ3v) is 4.40. The number of rotatable bonds is 5. The average molecular weight is 349 g/mol. The van der Waals surface area contributed by atoms with Gasteiger partial charge in [-0.25, -0.2) is 0 Å². The minimum atomic E-state index is -0.484. The minimum Gasteiger partial charge on any atom is -0.497 e. The van der Waals surface area contributed by atoms with Crippen molar-refractivity contribution in [3.05, 3.63) is 54.6 Å². The van der Waals surface area contributed by atoms with Gasteiger partial charge in [-0.3, -0.25) is 14.5 Å². The van der Waals surface area contributed by atoms with Gasteiger partial charge in [-0.1, -0.05) is 24.3 Å². The number of carbonyl (C=O) groups is 2. The number of amides is 2. The summed E-state index contributed by atoms with van der Waals surface area (Å²) in [6.07, 6.45) is 0.130. The van der Waals surface area contributed by atoms with Gasteiger partial charge in [-0.15, -0.1) is 0 Å². The van der Waals surface area contributed by atoms with Gasteiger partial charge in [0.15, 0.2) is 0 Å². The largest absolute Gasteiger partial charge is 0.497 e. The molecule has 0 radical (unpaired) electrons. The molecule has 2 amide bonds. The van der Waals surface area contributed by atoms with Crippen LogP contribution in [0.3, 0.4) is 0 Å². The van der Waals surface area contributed by atoms with Crippen LogP contribution < -0.4 is 14.5 Å². The van der Waals surface area contributed by atoms with E-state index in [0.29, 0.717) is 23.7 Å². The Morgan fingerprint density at radius 3 is 2.73 bits per heavy atom. The first-order chi connectivity index (χ1) is 12.6. The smallest absolute Gasteiger partial charge is 0.233 e. The Bertz CT molecular complexity index is 845. The van der Waals surface area contributed by atoms with Crippen molar-refractivity contribution >= 4 is 23.2 Å². The van der Waals surface area contributed by atoms with Crippen molar-refractivity contribution in [2.45, 2.75) is 6.42 Å². The minimum absolute atomic E-state index is 0.0489. The molecule has 2 aromatic carbocycles. The monoisotopic (exact) mass is 349 g/mol.